The molecule has 7 N–H and O–H groups in total. The van der Waals surface area contributed by atoms with Gasteiger partial charge in [-0.25, -0.2) is 0 Å². The first-order valence-corrected chi connectivity index (χ1v) is 25.8. The fraction of sp³-hybridized carbons (Fsp3) is 0.684. The molecule has 0 unspecified atom stereocenters. The lowest BCUT2D eigenvalue weighted by molar-refractivity contribution is -0.385. The van der Waals surface area contributed by atoms with Crippen molar-refractivity contribution in [2.24, 2.45) is 46.3 Å². The van der Waals surface area contributed by atoms with Crippen molar-refractivity contribution in [2.45, 2.75) is 198 Å². The second-order valence-corrected chi connectivity index (χ2v) is 22.2. The number of rotatable bonds is 12. The third kappa shape index (κ3) is 12.5. The molecule has 394 valence electrons. The molecule has 0 amide bonds. The molecule has 0 heterocycles. The SMILES string of the molecule is C=C1/C(=C\C=C2/CCC[C@]3(C)[C@@H]([C@@H](C)/C=C/C=C/C(O)(CC)CC)CC[C@@H]23)C[C@@H](O)C[C@@H]1O.C=C1/C(=C\C=C2/CCC[C@]3(C)[C@@H]([C@@H](C)/C=C/[C@@H](O)C(O)(C(F)(F)F)C(F)(F)F)CC[C@@H]23)C[C@@H](O)C[C@@H]1O. The number of hydrogen-bond donors (Lipinski definition) is 7. The van der Waals surface area contributed by atoms with Crippen molar-refractivity contribution in [2.75, 3.05) is 0 Å². The van der Waals surface area contributed by atoms with Gasteiger partial charge in [0.1, 0.15) is 6.10 Å². The highest BCUT2D eigenvalue weighted by atomic mass is 19.4. The number of fused-ring (bicyclic) bond motifs is 2. The van der Waals surface area contributed by atoms with Crippen LogP contribution in [0.2, 0.25) is 0 Å². The summed E-state index contributed by atoms with van der Waals surface area (Å²) in [5.41, 5.74) is -0.0205. The highest BCUT2D eigenvalue weighted by Gasteiger charge is 2.73. The van der Waals surface area contributed by atoms with Crippen LogP contribution < -0.4 is 0 Å². The van der Waals surface area contributed by atoms with Gasteiger partial charge in [0.2, 0.25) is 0 Å². The molecule has 6 saturated carbocycles. The molecular weight excluding hydrogens is 911 g/mol. The molecule has 13 atom stereocenters. The van der Waals surface area contributed by atoms with Crippen LogP contribution in [-0.4, -0.2) is 89.8 Å². The van der Waals surface area contributed by atoms with Crippen molar-refractivity contribution in [3.8, 4) is 0 Å². The molecule has 6 rings (SSSR count). The Morgan fingerprint density at radius 1 is 0.629 bits per heavy atom. The maximum atomic E-state index is 13.1. The van der Waals surface area contributed by atoms with Gasteiger partial charge in [-0.15, -0.1) is 0 Å². The Hall–Kier alpha value is -3.04. The molecule has 0 aromatic heterocycles. The smallest absolute Gasteiger partial charge is 0.393 e. The number of hydrogen-bond acceptors (Lipinski definition) is 7. The number of aliphatic hydroxyl groups is 7. The van der Waals surface area contributed by atoms with Gasteiger partial charge >= 0.3 is 12.4 Å². The predicted molar refractivity (Wildman–Crippen MR) is 264 cm³/mol. The summed E-state index contributed by atoms with van der Waals surface area (Å²) < 4.78 is 78.4. The largest absolute Gasteiger partial charge is 0.429 e. The van der Waals surface area contributed by atoms with Gasteiger partial charge in [-0.2, -0.15) is 26.3 Å². The Kier molecular flexibility index (Phi) is 19.0. The molecule has 13 heteroatoms. The third-order valence-corrected chi connectivity index (χ3v) is 17.9. The van der Waals surface area contributed by atoms with Crippen molar-refractivity contribution < 1.29 is 62.1 Å². The summed E-state index contributed by atoms with van der Waals surface area (Å²) in [4.78, 5) is 0. The Morgan fingerprint density at radius 2 is 1.04 bits per heavy atom. The zero-order valence-electron chi connectivity index (χ0n) is 42.3. The van der Waals surface area contributed by atoms with Crippen molar-refractivity contribution in [3.63, 3.8) is 0 Å². The molecule has 6 fully saturated rings. The maximum Gasteiger partial charge on any atom is 0.429 e. The summed E-state index contributed by atoms with van der Waals surface area (Å²) in [5, 5.41) is 70.0. The van der Waals surface area contributed by atoms with Crippen LogP contribution >= 0.6 is 0 Å². The highest BCUT2D eigenvalue weighted by molar-refractivity contribution is 5.40. The number of halogens is 6. The summed E-state index contributed by atoms with van der Waals surface area (Å²) in [6.45, 7) is 20.7. The molecule has 6 aliphatic rings. The predicted octanol–water partition coefficient (Wildman–Crippen LogP) is 12.0. The quantitative estimate of drug-likeness (QED) is 0.0586. The van der Waals surface area contributed by atoms with Crippen LogP contribution in [0.1, 0.15) is 144 Å². The van der Waals surface area contributed by atoms with E-state index in [0.29, 0.717) is 60.5 Å². The lowest BCUT2D eigenvalue weighted by atomic mass is 9.61. The average Bonchev–Trinajstić information content (AvgIpc) is 3.84. The highest BCUT2D eigenvalue weighted by Crippen LogP contribution is 2.61. The molecular formula is C57H82F6O7. The second kappa shape index (κ2) is 23.0. The summed E-state index contributed by atoms with van der Waals surface area (Å²) in [6, 6.07) is 0. The normalized spacial score (nSPS) is 36.3. The van der Waals surface area contributed by atoms with Crippen LogP contribution in [0.25, 0.3) is 0 Å². The second-order valence-electron chi connectivity index (χ2n) is 22.2. The van der Waals surface area contributed by atoms with E-state index in [1.54, 1.807) is 6.92 Å². The fourth-order valence-corrected chi connectivity index (χ4v) is 13.4. The zero-order valence-corrected chi connectivity index (χ0v) is 42.3. The van der Waals surface area contributed by atoms with Crippen molar-refractivity contribution in [1.29, 1.82) is 0 Å². The Bertz CT molecular complexity index is 2040. The first-order chi connectivity index (χ1) is 32.6. The van der Waals surface area contributed by atoms with Gasteiger partial charge in [-0.05, 0) is 159 Å². The minimum absolute atomic E-state index is 0.0459. The Labute approximate surface area is 412 Å². The maximum absolute atomic E-state index is 13.1. The third-order valence-electron chi connectivity index (χ3n) is 17.9. The number of allylic oxidation sites excluding steroid dienone is 10. The van der Waals surface area contributed by atoms with Gasteiger partial charge in [0.25, 0.3) is 5.60 Å². The molecule has 0 aliphatic heterocycles. The monoisotopic (exact) mass is 993 g/mol. The first kappa shape index (κ1) is 57.9. The summed E-state index contributed by atoms with van der Waals surface area (Å²) in [7, 11) is 0. The topological polar surface area (TPSA) is 142 Å². The van der Waals surface area contributed by atoms with Crippen LogP contribution in [0, 0.1) is 46.3 Å². The lowest BCUT2D eigenvalue weighted by Gasteiger charge is -2.44. The molecule has 70 heavy (non-hydrogen) atoms. The standard InChI is InChI=1S/C30H46O3.C27H36F6O4/c1-6-30(33,7-2)18-9-8-11-21(3)26-15-16-27-23(12-10-17-29(26,27)5)13-14-24-19-25(31)20-28(32)22(24)4;1-15(6-11-23(36)25(37,26(28,29)30)27(31,32)33)20-9-10-21-17(5-4-12-24(20,21)3)7-8-18-13-19(34)14-22(35)16(18)2/h8-9,11,13-14,18,21,25-28,31-33H,4,6-7,10,12,15-17,19-20H2,1-3,5H3;6-8,11,15,19-23,34-37H,2,4-5,9-10,12-14H2,1,3H3/b11-8+,18-9+,23-13+,24-14-;11-6+,17-7+,18-8-/t21-,25+,26+,27-,28-,29+;15-,19+,20+,21-,22-,23+,24+/m00/s1. The van der Waals surface area contributed by atoms with E-state index in [4.69, 9.17) is 0 Å². The van der Waals surface area contributed by atoms with Gasteiger partial charge in [-0.3, -0.25) is 0 Å². The van der Waals surface area contributed by atoms with Crippen molar-refractivity contribution >= 4 is 0 Å². The first-order valence-electron chi connectivity index (χ1n) is 25.8. The molecule has 0 saturated heterocycles. The van der Waals surface area contributed by atoms with Gasteiger partial charge < -0.3 is 35.7 Å². The van der Waals surface area contributed by atoms with Gasteiger partial charge in [-0.1, -0.05) is 127 Å². The van der Waals surface area contributed by atoms with E-state index in [1.165, 1.54) is 36.8 Å². The van der Waals surface area contributed by atoms with E-state index < -0.39 is 60.0 Å². The van der Waals surface area contributed by atoms with Gasteiger partial charge in [0.05, 0.1) is 30.0 Å². The van der Waals surface area contributed by atoms with Crippen LogP contribution in [0.3, 0.4) is 0 Å². The van der Waals surface area contributed by atoms with Crippen LogP contribution in [0.5, 0.6) is 0 Å². The van der Waals surface area contributed by atoms with Crippen LogP contribution in [0.15, 0.2) is 107 Å². The van der Waals surface area contributed by atoms with Gasteiger partial charge in [0, 0.05) is 12.8 Å². The Balaban J connectivity index is 0.000000262. The van der Waals surface area contributed by atoms with E-state index >= 15 is 0 Å². The molecule has 7 nitrogen and oxygen atoms in total. The number of alkyl halides is 6. The molecule has 6 aliphatic carbocycles. The molecule has 0 radical (unpaired) electrons. The molecule has 0 bridgehead atoms. The van der Waals surface area contributed by atoms with E-state index in [2.05, 4.69) is 58.2 Å². The molecule has 0 aromatic rings. The van der Waals surface area contributed by atoms with E-state index in [1.807, 2.05) is 38.2 Å². The van der Waals surface area contributed by atoms with Crippen molar-refractivity contribution in [3.05, 3.63) is 107 Å². The van der Waals surface area contributed by atoms with Crippen LogP contribution in [0.4, 0.5) is 26.3 Å². The zero-order chi connectivity index (χ0) is 52.2. The molecule has 0 spiro atoms. The average molecular weight is 993 g/mol. The number of aliphatic hydroxyl groups excluding tert-OH is 5. The molecule has 0 aromatic carbocycles. The van der Waals surface area contributed by atoms with E-state index in [-0.39, 0.29) is 23.7 Å². The van der Waals surface area contributed by atoms with E-state index in [0.717, 1.165) is 67.7 Å². The summed E-state index contributed by atoms with van der Waals surface area (Å²) in [6.07, 6.45) is 13.7. The van der Waals surface area contributed by atoms with Crippen LogP contribution in [-0.2, 0) is 0 Å². The Morgan fingerprint density at radius 3 is 1.44 bits per heavy atom. The lowest BCUT2D eigenvalue weighted by Crippen LogP contribution is -2.63. The minimum Gasteiger partial charge on any atom is -0.393 e. The van der Waals surface area contributed by atoms with Crippen molar-refractivity contribution in [1.82, 2.24) is 0 Å². The fourth-order valence-electron chi connectivity index (χ4n) is 13.4. The summed E-state index contributed by atoms with van der Waals surface area (Å²) >= 11 is 0. The van der Waals surface area contributed by atoms with Gasteiger partial charge in [0.15, 0.2) is 0 Å². The minimum atomic E-state index is -6.10. The van der Waals surface area contributed by atoms with E-state index in [9.17, 15) is 62.1 Å². The summed E-state index contributed by atoms with van der Waals surface area (Å²) in [5.74, 6) is 1.46.